The van der Waals surface area contributed by atoms with E-state index in [2.05, 4.69) is 35.8 Å². The van der Waals surface area contributed by atoms with Gasteiger partial charge in [-0.2, -0.15) is 9.78 Å². The number of anilines is 1. The SMILES string of the molecule is Nc1nonc1-n1nnc(C(=O)N/N=C/c2c(Cl)cccc2Cl)c1-c1cccs1. The van der Waals surface area contributed by atoms with E-state index in [1.165, 1.54) is 22.2 Å². The Balaban J connectivity index is 1.66. The van der Waals surface area contributed by atoms with Gasteiger partial charge in [-0.3, -0.25) is 4.79 Å². The Kier molecular flexibility index (Phi) is 5.25. The molecule has 0 spiro atoms. The summed E-state index contributed by atoms with van der Waals surface area (Å²) in [5, 5.41) is 21.7. The summed E-state index contributed by atoms with van der Waals surface area (Å²) in [6.45, 7) is 0. The number of rotatable bonds is 5. The van der Waals surface area contributed by atoms with Crippen LogP contribution in [0.3, 0.4) is 0 Å². The predicted octanol–water partition coefficient (Wildman–Crippen LogP) is 3.03. The quantitative estimate of drug-likeness (QED) is 0.353. The van der Waals surface area contributed by atoms with Crippen LogP contribution < -0.4 is 11.2 Å². The van der Waals surface area contributed by atoms with Crippen molar-refractivity contribution in [3.05, 3.63) is 57.0 Å². The minimum Gasteiger partial charge on any atom is -0.378 e. The summed E-state index contributed by atoms with van der Waals surface area (Å²) in [5.74, 6) is -0.480. The molecule has 3 aromatic heterocycles. The first-order valence-electron chi connectivity index (χ1n) is 7.91. The lowest BCUT2D eigenvalue weighted by atomic mass is 10.2. The van der Waals surface area contributed by atoms with Crippen LogP contribution in [0, 0.1) is 0 Å². The number of aromatic nitrogens is 5. The monoisotopic (exact) mass is 448 g/mol. The van der Waals surface area contributed by atoms with Gasteiger partial charge in [0.15, 0.2) is 5.69 Å². The van der Waals surface area contributed by atoms with E-state index < -0.39 is 5.91 Å². The van der Waals surface area contributed by atoms with Gasteiger partial charge in [-0.1, -0.05) is 40.5 Å². The van der Waals surface area contributed by atoms with E-state index >= 15 is 0 Å². The highest BCUT2D eigenvalue weighted by molar-refractivity contribution is 7.13. The van der Waals surface area contributed by atoms with Gasteiger partial charge in [-0.05, 0) is 33.9 Å². The molecule has 3 heterocycles. The molecule has 0 radical (unpaired) electrons. The molecule has 1 amide bonds. The van der Waals surface area contributed by atoms with Crippen molar-refractivity contribution >= 4 is 52.5 Å². The van der Waals surface area contributed by atoms with Crippen LogP contribution in [0.4, 0.5) is 5.82 Å². The van der Waals surface area contributed by atoms with Gasteiger partial charge in [0.05, 0.1) is 21.1 Å². The van der Waals surface area contributed by atoms with Gasteiger partial charge < -0.3 is 5.73 Å². The molecule has 29 heavy (non-hydrogen) atoms. The Hall–Kier alpha value is -3.28. The Morgan fingerprint density at radius 3 is 2.69 bits per heavy atom. The molecule has 3 N–H and O–H groups in total. The van der Waals surface area contributed by atoms with Crippen molar-refractivity contribution < 1.29 is 9.42 Å². The van der Waals surface area contributed by atoms with Crippen LogP contribution in [0.1, 0.15) is 16.1 Å². The number of nitrogens with zero attached hydrogens (tertiary/aromatic N) is 6. The average molecular weight is 449 g/mol. The standard InChI is InChI=1S/C16H10Cl2N8O2S/c17-9-3-1-4-10(18)8(9)7-20-22-16(27)12-13(11-5-2-6-29-11)26(25-21-12)15-14(19)23-28-24-15/h1-7H,(H2,19,23)(H,22,27)/b20-7+. The second-order valence-corrected chi connectivity index (χ2v) is 7.25. The number of nitrogens with two attached hydrogens (primary N) is 1. The fraction of sp³-hybridized carbons (Fsp3) is 0. The number of benzene rings is 1. The van der Waals surface area contributed by atoms with Gasteiger partial charge in [-0.25, -0.2) is 10.1 Å². The maximum Gasteiger partial charge on any atom is 0.294 e. The van der Waals surface area contributed by atoms with E-state index in [1.807, 2.05) is 11.4 Å². The molecule has 0 fully saturated rings. The Labute approximate surface area is 176 Å². The zero-order chi connectivity index (χ0) is 20.4. The molecule has 10 nitrogen and oxygen atoms in total. The lowest BCUT2D eigenvalue weighted by Gasteiger charge is -2.03. The van der Waals surface area contributed by atoms with E-state index in [1.54, 1.807) is 24.3 Å². The molecule has 13 heteroatoms. The Bertz CT molecular complexity index is 1180. The highest BCUT2D eigenvalue weighted by Crippen LogP contribution is 2.30. The van der Waals surface area contributed by atoms with Gasteiger partial charge in [0.2, 0.25) is 11.6 Å². The molecule has 4 aromatic rings. The van der Waals surface area contributed by atoms with Crippen molar-refractivity contribution in [2.24, 2.45) is 5.10 Å². The zero-order valence-electron chi connectivity index (χ0n) is 14.3. The van der Waals surface area contributed by atoms with Crippen molar-refractivity contribution in [1.29, 1.82) is 0 Å². The molecule has 146 valence electrons. The van der Waals surface area contributed by atoms with Crippen LogP contribution in [-0.4, -0.2) is 37.4 Å². The van der Waals surface area contributed by atoms with E-state index in [0.717, 1.165) is 0 Å². The first-order chi connectivity index (χ1) is 14.1. The van der Waals surface area contributed by atoms with Crippen LogP contribution in [0.5, 0.6) is 0 Å². The molecule has 1 aromatic carbocycles. The second kappa shape index (κ2) is 7.99. The summed E-state index contributed by atoms with van der Waals surface area (Å²) in [6, 6.07) is 8.64. The molecule has 0 bridgehead atoms. The summed E-state index contributed by atoms with van der Waals surface area (Å²) in [7, 11) is 0. The summed E-state index contributed by atoms with van der Waals surface area (Å²) in [4.78, 5) is 13.4. The molecule has 0 aliphatic rings. The van der Waals surface area contributed by atoms with E-state index in [4.69, 9.17) is 28.9 Å². The number of carbonyl (C=O) groups is 1. The number of nitrogen functional groups attached to an aromatic ring is 1. The first-order valence-corrected chi connectivity index (χ1v) is 9.55. The van der Waals surface area contributed by atoms with Crippen molar-refractivity contribution in [3.63, 3.8) is 0 Å². The van der Waals surface area contributed by atoms with Gasteiger partial charge in [0.1, 0.15) is 5.69 Å². The van der Waals surface area contributed by atoms with Crippen molar-refractivity contribution in [2.45, 2.75) is 0 Å². The first kappa shape index (κ1) is 19.1. The largest absolute Gasteiger partial charge is 0.378 e. The fourth-order valence-electron chi connectivity index (χ4n) is 2.40. The number of thiophene rings is 1. The smallest absolute Gasteiger partial charge is 0.294 e. The highest BCUT2D eigenvalue weighted by Gasteiger charge is 2.25. The van der Waals surface area contributed by atoms with Crippen molar-refractivity contribution in [2.75, 3.05) is 5.73 Å². The van der Waals surface area contributed by atoms with Crippen LogP contribution in [-0.2, 0) is 0 Å². The van der Waals surface area contributed by atoms with Gasteiger partial charge in [0.25, 0.3) is 5.91 Å². The molecule has 0 aliphatic heterocycles. The third kappa shape index (κ3) is 3.70. The summed E-state index contributed by atoms with van der Waals surface area (Å²) < 4.78 is 5.90. The van der Waals surface area contributed by atoms with Gasteiger partial charge in [-0.15, -0.1) is 16.4 Å². The number of hydrogen-bond donors (Lipinski definition) is 2. The molecule has 0 atom stereocenters. The molecule has 0 saturated carbocycles. The fourth-order valence-corrected chi connectivity index (χ4v) is 3.65. The van der Waals surface area contributed by atoms with Gasteiger partial charge in [0, 0.05) is 5.56 Å². The number of halogens is 2. The Morgan fingerprint density at radius 2 is 2.03 bits per heavy atom. The van der Waals surface area contributed by atoms with E-state index in [-0.39, 0.29) is 17.3 Å². The predicted molar refractivity (Wildman–Crippen MR) is 108 cm³/mol. The lowest BCUT2D eigenvalue weighted by molar-refractivity contribution is 0.0951. The number of hydrazone groups is 1. The molecule has 4 rings (SSSR count). The zero-order valence-corrected chi connectivity index (χ0v) is 16.6. The minimum absolute atomic E-state index is 0.00560. The maximum atomic E-state index is 12.7. The van der Waals surface area contributed by atoms with E-state index in [9.17, 15) is 4.79 Å². The number of hydrogen-bond acceptors (Lipinski definition) is 9. The number of carbonyl (C=O) groups excluding carboxylic acids is 1. The highest BCUT2D eigenvalue weighted by atomic mass is 35.5. The molecule has 0 unspecified atom stereocenters. The molecular weight excluding hydrogens is 439 g/mol. The average Bonchev–Trinajstić information content (AvgIpc) is 3.43. The van der Waals surface area contributed by atoms with Crippen molar-refractivity contribution in [1.82, 2.24) is 30.7 Å². The number of nitrogens with one attached hydrogen (secondary N) is 1. The summed E-state index contributed by atoms with van der Waals surface area (Å²) in [6.07, 6.45) is 1.34. The maximum absolute atomic E-state index is 12.7. The van der Waals surface area contributed by atoms with Crippen molar-refractivity contribution in [3.8, 4) is 16.4 Å². The van der Waals surface area contributed by atoms with Crippen LogP contribution >= 0.6 is 34.5 Å². The topological polar surface area (TPSA) is 137 Å². The summed E-state index contributed by atoms with van der Waals surface area (Å²) >= 11 is 13.5. The third-order valence-electron chi connectivity index (χ3n) is 3.70. The van der Waals surface area contributed by atoms with Crippen LogP contribution in [0.15, 0.2) is 45.4 Å². The molecular formula is C16H10Cl2N8O2S. The number of amides is 1. The van der Waals surface area contributed by atoms with Gasteiger partial charge >= 0.3 is 0 Å². The Morgan fingerprint density at radius 1 is 1.24 bits per heavy atom. The summed E-state index contributed by atoms with van der Waals surface area (Å²) in [5.41, 5.74) is 8.99. The second-order valence-electron chi connectivity index (χ2n) is 5.48. The van der Waals surface area contributed by atoms with Crippen LogP contribution in [0.25, 0.3) is 16.4 Å². The molecule has 0 saturated heterocycles. The minimum atomic E-state index is -0.603. The van der Waals surface area contributed by atoms with Crippen LogP contribution in [0.2, 0.25) is 10.0 Å². The molecule has 0 aliphatic carbocycles. The third-order valence-corrected chi connectivity index (χ3v) is 5.23. The normalized spacial score (nSPS) is 11.2. The lowest BCUT2D eigenvalue weighted by Crippen LogP contribution is -2.19. The van der Waals surface area contributed by atoms with E-state index in [0.29, 0.717) is 26.2 Å².